The Morgan fingerprint density at radius 2 is 1.76 bits per heavy atom. The molecule has 1 aromatic heterocycles. The van der Waals surface area contributed by atoms with Crippen LogP contribution < -0.4 is 10.2 Å². The smallest absolute Gasteiger partial charge is 0.264 e. The Bertz CT molecular complexity index is 1310. The summed E-state index contributed by atoms with van der Waals surface area (Å²) in [4.78, 5) is 58.0. The van der Waals surface area contributed by atoms with Crippen molar-refractivity contribution in [1.29, 1.82) is 0 Å². The summed E-state index contributed by atoms with van der Waals surface area (Å²) in [6, 6.07) is 7.79. The van der Waals surface area contributed by atoms with Gasteiger partial charge in [0.15, 0.2) is 16.5 Å². The van der Waals surface area contributed by atoms with Crippen molar-refractivity contribution in [2.45, 2.75) is 49.0 Å². The van der Waals surface area contributed by atoms with Gasteiger partial charge in [-0.3, -0.25) is 19.2 Å². The second-order valence-corrected chi connectivity index (χ2v) is 12.6. The predicted octanol–water partition coefficient (Wildman–Crippen LogP) is 1.62. The average molecular weight is 561 g/mol. The third-order valence-electron chi connectivity index (χ3n) is 6.91. The third kappa shape index (κ3) is 5.60. The number of carbonyl (C=O) groups excluding carboxylic acids is 4. The minimum Gasteiger partial charge on any atom is -0.378 e. The topological polar surface area (TPSA) is 124 Å². The molecule has 38 heavy (non-hydrogen) atoms. The fourth-order valence-corrected chi connectivity index (χ4v) is 6.56. The summed E-state index contributed by atoms with van der Waals surface area (Å²) in [6.07, 6.45) is 0.826. The van der Waals surface area contributed by atoms with Gasteiger partial charge in [0.2, 0.25) is 5.91 Å². The molecule has 0 bridgehead atoms. The molecule has 3 atom stereocenters. The average Bonchev–Trinajstić information content (AvgIpc) is 3.60. The van der Waals surface area contributed by atoms with Gasteiger partial charge in [-0.2, -0.15) is 0 Å². The van der Waals surface area contributed by atoms with Crippen LogP contribution in [0.4, 0.5) is 5.69 Å². The zero-order valence-electron chi connectivity index (χ0n) is 21.7. The number of hydrogen-bond donors (Lipinski definition) is 2. The van der Waals surface area contributed by atoms with Crippen LogP contribution >= 0.6 is 11.3 Å². The molecule has 2 fully saturated rings. The number of thiol groups is 1. The predicted molar refractivity (Wildman–Crippen MR) is 144 cm³/mol. The highest BCUT2D eigenvalue weighted by molar-refractivity contribution is 7.75. The number of fused-ring (bicyclic) bond motifs is 1. The van der Waals surface area contributed by atoms with Gasteiger partial charge in [0.05, 0.1) is 17.5 Å². The normalized spacial score (nSPS) is 19.7. The van der Waals surface area contributed by atoms with Crippen LogP contribution in [0.3, 0.4) is 0 Å². The van der Waals surface area contributed by atoms with Crippen molar-refractivity contribution in [1.82, 2.24) is 15.1 Å². The van der Waals surface area contributed by atoms with E-state index in [2.05, 4.69) is 5.32 Å². The van der Waals surface area contributed by atoms with Crippen LogP contribution in [0.15, 0.2) is 40.6 Å². The zero-order valence-corrected chi connectivity index (χ0v) is 23.5. The first-order chi connectivity index (χ1) is 18.0. The van der Waals surface area contributed by atoms with E-state index in [-0.39, 0.29) is 45.7 Å². The van der Waals surface area contributed by atoms with E-state index in [1.807, 2.05) is 45.0 Å². The van der Waals surface area contributed by atoms with E-state index >= 15 is 0 Å². The molecule has 2 saturated heterocycles. The number of ketones is 1. The standard InChI is InChI=1S/C26H32N4O6S2/c1-15(2)13-18(27-24(32)16-5-7-17(8-6-16)28(3)4)25(33)29-12-11-19-23(29)20(31)14-30(19)26(34)21-9-10-22(37-21)38(35)36/h5-10,15,18-19,23,38H,11-14H2,1-4H3,(H,27,32)/t18-,19+,23-/m0/s1. The molecule has 2 aliphatic heterocycles. The van der Waals surface area contributed by atoms with E-state index in [1.54, 1.807) is 12.1 Å². The Hall–Kier alpha value is -3.25. The quantitative estimate of drug-likeness (QED) is 0.470. The number of nitrogens with one attached hydrogen (secondary N) is 1. The van der Waals surface area contributed by atoms with Crippen molar-refractivity contribution in [3.63, 3.8) is 0 Å². The Labute approximate surface area is 227 Å². The first kappa shape index (κ1) is 27.8. The minimum atomic E-state index is -2.80. The summed E-state index contributed by atoms with van der Waals surface area (Å²) in [7, 11) is 1.01. The number of Topliss-reactive ketones (excluding diaryl/α,β-unsaturated/α-hetero) is 1. The molecule has 3 amide bonds. The molecule has 4 rings (SSSR count). The van der Waals surface area contributed by atoms with Gasteiger partial charge >= 0.3 is 0 Å². The van der Waals surface area contributed by atoms with Crippen LogP contribution in [0.2, 0.25) is 0 Å². The van der Waals surface area contributed by atoms with Crippen molar-refractivity contribution >= 4 is 51.2 Å². The molecule has 0 aliphatic carbocycles. The number of hydrogen-bond acceptors (Lipinski definition) is 8. The van der Waals surface area contributed by atoms with Crippen molar-refractivity contribution in [2.24, 2.45) is 5.92 Å². The number of benzene rings is 1. The van der Waals surface area contributed by atoms with E-state index in [0.717, 1.165) is 17.0 Å². The summed E-state index contributed by atoms with van der Waals surface area (Å²) in [6.45, 7) is 4.05. The van der Waals surface area contributed by atoms with E-state index in [0.29, 0.717) is 18.4 Å². The van der Waals surface area contributed by atoms with Crippen LogP contribution in [0.25, 0.3) is 0 Å². The molecule has 0 saturated carbocycles. The Balaban J connectivity index is 1.50. The summed E-state index contributed by atoms with van der Waals surface area (Å²) < 4.78 is 22.6. The number of likely N-dealkylation sites (tertiary alicyclic amines) is 2. The number of anilines is 1. The van der Waals surface area contributed by atoms with Crippen molar-refractivity contribution < 1.29 is 27.6 Å². The SMILES string of the molecule is CC(C)C[C@H](NC(=O)c1ccc(N(C)C)cc1)C(=O)N1CC[C@@H]2[C@H]1C(=O)CN2C(=O)c1ccc([SH](=O)=O)s1. The molecule has 12 heteroatoms. The van der Waals surface area contributed by atoms with Gasteiger partial charge in [-0.05, 0) is 55.2 Å². The first-order valence-corrected chi connectivity index (χ1v) is 14.4. The number of thiophene rings is 1. The summed E-state index contributed by atoms with van der Waals surface area (Å²) in [5.41, 5.74) is 1.37. The largest absolute Gasteiger partial charge is 0.378 e. The fraction of sp³-hybridized carbons (Fsp3) is 0.462. The molecule has 2 aromatic rings. The van der Waals surface area contributed by atoms with Crippen molar-refractivity contribution in [3.8, 4) is 0 Å². The van der Waals surface area contributed by atoms with Gasteiger partial charge in [0.1, 0.15) is 16.3 Å². The molecule has 0 radical (unpaired) electrons. The van der Waals surface area contributed by atoms with E-state index in [4.69, 9.17) is 0 Å². The highest BCUT2D eigenvalue weighted by Crippen LogP contribution is 2.33. The second-order valence-electron chi connectivity index (χ2n) is 10.2. The Morgan fingerprint density at radius 3 is 2.34 bits per heavy atom. The van der Waals surface area contributed by atoms with Gasteiger partial charge in [-0.15, -0.1) is 11.3 Å². The molecule has 204 valence electrons. The monoisotopic (exact) mass is 560 g/mol. The Kier molecular flexibility index (Phi) is 8.22. The maximum Gasteiger partial charge on any atom is 0.264 e. The molecular weight excluding hydrogens is 528 g/mol. The fourth-order valence-electron chi connectivity index (χ4n) is 5.07. The van der Waals surface area contributed by atoms with Crippen LogP contribution in [-0.2, 0) is 20.3 Å². The van der Waals surface area contributed by atoms with Crippen molar-refractivity contribution in [3.05, 3.63) is 46.8 Å². The minimum absolute atomic E-state index is 0.0808. The summed E-state index contributed by atoms with van der Waals surface area (Å²) in [5.74, 6) is -1.26. The summed E-state index contributed by atoms with van der Waals surface area (Å²) >= 11 is 0.868. The molecule has 0 spiro atoms. The lowest BCUT2D eigenvalue weighted by molar-refractivity contribution is -0.138. The van der Waals surface area contributed by atoms with Crippen LogP contribution in [-0.4, -0.2) is 87.0 Å². The number of amides is 3. The third-order valence-corrected chi connectivity index (χ3v) is 9.01. The molecule has 2 aliphatic rings. The summed E-state index contributed by atoms with van der Waals surface area (Å²) in [5, 5.41) is 2.87. The number of nitrogens with zero attached hydrogens (tertiary/aromatic N) is 3. The van der Waals surface area contributed by atoms with Gasteiger partial charge in [-0.1, -0.05) is 13.8 Å². The highest BCUT2D eigenvalue weighted by Gasteiger charge is 2.52. The van der Waals surface area contributed by atoms with Gasteiger partial charge < -0.3 is 20.0 Å². The lowest BCUT2D eigenvalue weighted by atomic mass is 10.0. The zero-order chi connectivity index (χ0) is 27.7. The van der Waals surface area contributed by atoms with E-state index in [1.165, 1.54) is 21.9 Å². The molecule has 3 heterocycles. The molecular formula is C26H32N4O6S2. The molecule has 1 aromatic carbocycles. The number of carbonyl (C=O) groups is 4. The first-order valence-electron chi connectivity index (χ1n) is 12.4. The van der Waals surface area contributed by atoms with Gasteiger partial charge in [-0.25, -0.2) is 8.42 Å². The Morgan fingerprint density at radius 1 is 1.08 bits per heavy atom. The van der Waals surface area contributed by atoms with Gasteiger partial charge in [0, 0.05) is 31.9 Å². The van der Waals surface area contributed by atoms with Crippen LogP contribution in [0.1, 0.15) is 46.7 Å². The molecule has 10 nitrogen and oxygen atoms in total. The van der Waals surface area contributed by atoms with Gasteiger partial charge in [0.25, 0.3) is 11.8 Å². The lowest BCUT2D eigenvalue weighted by Crippen LogP contribution is -2.53. The molecule has 1 N–H and O–H groups in total. The second kappa shape index (κ2) is 11.2. The van der Waals surface area contributed by atoms with Crippen LogP contribution in [0.5, 0.6) is 0 Å². The highest BCUT2D eigenvalue weighted by atomic mass is 32.2. The van der Waals surface area contributed by atoms with Crippen molar-refractivity contribution in [2.75, 3.05) is 32.1 Å². The molecule has 0 unspecified atom stereocenters. The van der Waals surface area contributed by atoms with E-state index in [9.17, 15) is 27.6 Å². The number of rotatable bonds is 8. The van der Waals surface area contributed by atoms with E-state index < -0.39 is 34.7 Å². The maximum atomic E-state index is 13.7. The maximum absolute atomic E-state index is 13.7. The van der Waals surface area contributed by atoms with Crippen LogP contribution in [0, 0.1) is 5.92 Å². The lowest BCUT2D eigenvalue weighted by Gasteiger charge is -2.29.